The van der Waals surface area contributed by atoms with Gasteiger partial charge in [-0.1, -0.05) is 29.8 Å². The van der Waals surface area contributed by atoms with Crippen LogP contribution in [-0.4, -0.2) is 21.7 Å². The Morgan fingerprint density at radius 3 is 2.50 bits per heavy atom. The highest BCUT2D eigenvalue weighted by Crippen LogP contribution is 2.31. The molecule has 0 spiro atoms. The first kappa shape index (κ1) is 19.6. The average Bonchev–Trinajstić information content (AvgIpc) is 2.68. The number of nitrogens with zero attached hydrogens (tertiary/aromatic N) is 2. The van der Waals surface area contributed by atoms with E-state index in [1.54, 1.807) is 6.07 Å². The molecule has 3 aromatic rings. The van der Waals surface area contributed by atoms with Crippen molar-refractivity contribution >= 4 is 17.5 Å². The highest BCUT2D eigenvalue weighted by Gasteiger charge is 2.31. The first-order valence-electron chi connectivity index (χ1n) is 8.56. The topological polar surface area (TPSA) is 70.1 Å². The molecule has 0 aliphatic carbocycles. The minimum absolute atomic E-state index is 0.309. The van der Waals surface area contributed by atoms with Gasteiger partial charge in [-0.25, -0.2) is 4.98 Å². The van der Waals surface area contributed by atoms with Crippen molar-refractivity contribution in [2.24, 2.45) is 0 Å². The van der Waals surface area contributed by atoms with Crippen LogP contribution in [0.15, 0.2) is 60.8 Å². The van der Waals surface area contributed by atoms with Crippen LogP contribution in [0.4, 0.5) is 30.6 Å². The molecule has 0 saturated heterocycles. The summed E-state index contributed by atoms with van der Waals surface area (Å²) in [5.41, 5.74) is 1.46. The lowest BCUT2D eigenvalue weighted by Crippen LogP contribution is -2.17. The number of hydrogen-bond donors (Lipinski definition) is 3. The summed E-state index contributed by atoms with van der Waals surface area (Å²) in [6.07, 6.45) is -2.93. The lowest BCUT2D eigenvalue weighted by atomic mass is 10.0. The van der Waals surface area contributed by atoms with Crippen molar-refractivity contribution in [3.63, 3.8) is 0 Å². The molecule has 1 heterocycles. The van der Waals surface area contributed by atoms with Gasteiger partial charge in [0.25, 0.3) is 0 Å². The van der Waals surface area contributed by atoms with Gasteiger partial charge in [-0.15, -0.1) is 0 Å². The first-order chi connectivity index (χ1) is 13.3. The van der Waals surface area contributed by atoms with Gasteiger partial charge < -0.3 is 15.7 Å². The second-order valence-electron chi connectivity index (χ2n) is 6.26. The third-order valence-electron chi connectivity index (χ3n) is 4.08. The van der Waals surface area contributed by atoms with Crippen molar-refractivity contribution in [1.29, 1.82) is 0 Å². The molecule has 3 N–H and O–H groups in total. The number of hydrogen-bond acceptors (Lipinski definition) is 5. The number of aromatic nitrogens is 2. The van der Waals surface area contributed by atoms with E-state index in [4.69, 9.17) is 0 Å². The van der Waals surface area contributed by atoms with E-state index in [2.05, 4.69) is 20.6 Å². The highest BCUT2D eigenvalue weighted by molar-refractivity contribution is 5.55. The molecule has 1 aromatic heterocycles. The molecular weight excluding hydrogens is 369 g/mol. The van der Waals surface area contributed by atoms with Crippen molar-refractivity contribution in [1.82, 2.24) is 9.97 Å². The Hall–Kier alpha value is -3.13. The molecule has 0 saturated carbocycles. The van der Waals surface area contributed by atoms with Gasteiger partial charge >= 0.3 is 6.18 Å². The van der Waals surface area contributed by atoms with E-state index in [0.717, 1.165) is 23.4 Å². The predicted molar refractivity (Wildman–Crippen MR) is 101 cm³/mol. The minimum Gasteiger partial charge on any atom is -0.394 e. The summed E-state index contributed by atoms with van der Waals surface area (Å²) in [6, 6.07) is 13.3. The molecule has 8 heteroatoms. The minimum atomic E-state index is -4.45. The maximum Gasteiger partial charge on any atom is 0.416 e. The molecule has 0 aliphatic rings. The number of aliphatic hydroxyl groups excluding tert-OH is 1. The van der Waals surface area contributed by atoms with Crippen molar-refractivity contribution in [3.05, 3.63) is 77.5 Å². The van der Waals surface area contributed by atoms with E-state index in [1.165, 1.54) is 18.3 Å². The van der Waals surface area contributed by atoms with Crippen LogP contribution in [0.25, 0.3) is 0 Å². The SMILES string of the molecule is Cc1ccc(Nc2nccc(NC(CO)c3cccc(C(F)(F)F)c3)n2)cc1. The van der Waals surface area contributed by atoms with Gasteiger partial charge in [0.2, 0.25) is 5.95 Å². The van der Waals surface area contributed by atoms with E-state index >= 15 is 0 Å². The number of halogens is 3. The van der Waals surface area contributed by atoms with Crippen LogP contribution >= 0.6 is 0 Å². The molecule has 0 radical (unpaired) electrons. The summed E-state index contributed by atoms with van der Waals surface area (Å²) in [5.74, 6) is 0.704. The van der Waals surface area contributed by atoms with Gasteiger partial charge in [-0.3, -0.25) is 0 Å². The molecular formula is C20H19F3N4O. The van der Waals surface area contributed by atoms with Gasteiger partial charge in [0.15, 0.2) is 0 Å². The molecule has 0 bridgehead atoms. The lowest BCUT2D eigenvalue weighted by Gasteiger charge is -2.19. The predicted octanol–water partition coefficient (Wildman–Crippen LogP) is 4.69. The number of anilines is 3. The number of benzene rings is 2. The molecule has 28 heavy (non-hydrogen) atoms. The van der Waals surface area contributed by atoms with Crippen LogP contribution in [0.5, 0.6) is 0 Å². The van der Waals surface area contributed by atoms with Crippen molar-refractivity contribution < 1.29 is 18.3 Å². The Bertz CT molecular complexity index is 929. The fourth-order valence-corrected chi connectivity index (χ4v) is 2.61. The second-order valence-corrected chi connectivity index (χ2v) is 6.26. The zero-order valence-corrected chi connectivity index (χ0v) is 15.0. The molecule has 5 nitrogen and oxygen atoms in total. The second kappa shape index (κ2) is 8.26. The summed E-state index contributed by atoms with van der Waals surface area (Å²) < 4.78 is 38.8. The Morgan fingerprint density at radius 1 is 1.07 bits per heavy atom. The third-order valence-corrected chi connectivity index (χ3v) is 4.08. The molecule has 146 valence electrons. The van der Waals surface area contributed by atoms with Crippen molar-refractivity contribution in [2.45, 2.75) is 19.1 Å². The smallest absolute Gasteiger partial charge is 0.394 e. The van der Waals surface area contributed by atoms with Crippen LogP contribution < -0.4 is 10.6 Å². The van der Waals surface area contributed by atoms with Crippen LogP contribution in [-0.2, 0) is 6.18 Å². The Morgan fingerprint density at radius 2 is 1.82 bits per heavy atom. The Kier molecular flexibility index (Phi) is 5.79. The van der Waals surface area contributed by atoms with Gasteiger partial charge in [0.05, 0.1) is 18.2 Å². The zero-order chi connectivity index (χ0) is 20.1. The quantitative estimate of drug-likeness (QED) is 0.571. The Labute approximate surface area is 160 Å². The number of aryl methyl sites for hydroxylation is 1. The molecule has 0 fully saturated rings. The zero-order valence-electron chi connectivity index (χ0n) is 15.0. The molecule has 1 atom stereocenters. The maximum atomic E-state index is 12.9. The summed E-state index contributed by atoms with van der Waals surface area (Å²) >= 11 is 0. The summed E-state index contributed by atoms with van der Waals surface area (Å²) in [4.78, 5) is 8.44. The van der Waals surface area contributed by atoms with E-state index < -0.39 is 24.4 Å². The first-order valence-corrected chi connectivity index (χ1v) is 8.56. The molecule has 0 amide bonds. The van der Waals surface area contributed by atoms with Gasteiger partial charge in [0.1, 0.15) is 5.82 Å². The molecule has 2 aromatic carbocycles. The van der Waals surface area contributed by atoms with Crippen LogP contribution in [0.2, 0.25) is 0 Å². The van der Waals surface area contributed by atoms with E-state index in [0.29, 0.717) is 17.3 Å². The standard InChI is InChI=1S/C20H19F3N4O/c1-13-5-7-16(8-6-13)25-19-24-10-9-18(27-19)26-17(12-28)14-3-2-4-15(11-14)20(21,22)23/h2-11,17,28H,12H2,1H3,(H2,24,25,26,27). The summed E-state index contributed by atoms with van der Waals surface area (Å²) in [7, 11) is 0. The largest absolute Gasteiger partial charge is 0.416 e. The van der Waals surface area contributed by atoms with Gasteiger partial charge in [0, 0.05) is 11.9 Å². The van der Waals surface area contributed by atoms with E-state index in [9.17, 15) is 18.3 Å². The summed E-state index contributed by atoms with van der Waals surface area (Å²) in [6.45, 7) is 1.58. The summed E-state index contributed by atoms with van der Waals surface area (Å²) in [5, 5.41) is 15.7. The fraction of sp³-hybridized carbons (Fsp3) is 0.200. The van der Waals surface area contributed by atoms with E-state index in [-0.39, 0.29) is 0 Å². The number of alkyl halides is 3. The number of rotatable bonds is 6. The average molecular weight is 388 g/mol. The molecule has 3 rings (SSSR count). The fourth-order valence-electron chi connectivity index (χ4n) is 2.61. The van der Waals surface area contributed by atoms with Crippen LogP contribution in [0.3, 0.4) is 0 Å². The van der Waals surface area contributed by atoms with Gasteiger partial charge in [-0.05, 0) is 42.8 Å². The van der Waals surface area contributed by atoms with Crippen LogP contribution in [0, 0.1) is 6.92 Å². The van der Waals surface area contributed by atoms with Crippen LogP contribution in [0.1, 0.15) is 22.7 Å². The van der Waals surface area contributed by atoms with Gasteiger partial charge in [-0.2, -0.15) is 18.2 Å². The third kappa shape index (κ3) is 4.98. The lowest BCUT2D eigenvalue weighted by molar-refractivity contribution is -0.137. The Balaban J connectivity index is 1.77. The number of aliphatic hydroxyl groups is 1. The molecule has 0 aliphatic heterocycles. The van der Waals surface area contributed by atoms with E-state index in [1.807, 2.05) is 31.2 Å². The van der Waals surface area contributed by atoms with Crippen molar-refractivity contribution in [3.8, 4) is 0 Å². The normalized spacial score (nSPS) is 12.5. The maximum absolute atomic E-state index is 12.9. The van der Waals surface area contributed by atoms with Crippen molar-refractivity contribution in [2.75, 3.05) is 17.2 Å². The highest BCUT2D eigenvalue weighted by atomic mass is 19.4. The monoisotopic (exact) mass is 388 g/mol. The number of nitrogens with one attached hydrogen (secondary N) is 2. The molecule has 1 unspecified atom stereocenters.